The van der Waals surface area contributed by atoms with E-state index in [1.165, 1.54) is 0 Å². The topological polar surface area (TPSA) is 21.6 Å². The molecule has 1 aliphatic rings. The fourth-order valence-corrected chi connectivity index (χ4v) is 0.961. The van der Waals surface area contributed by atoms with Crippen LogP contribution in [0, 0.1) is 5.41 Å². The fraction of sp³-hybridized carbons (Fsp3) is 0.875. The van der Waals surface area contributed by atoms with Gasteiger partial charge in [-0.3, -0.25) is 0 Å². The lowest BCUT2D eigenvalue weighted by Crippen LogP contribution is -2.25. The standard InChI is InChI=1S/C8H15NO/c1-6-5-7(10-9-6)8(2,3)4/h7H,5H2,1-4H3/t7-/m0/s1. The first-order chi connectivity index (χ1) is 4.50. The maximum atomic E-state index is 5.22. The average Bonchev–Trinajstić information content (AvgIpc) is 2.11. The van der Waals surface area contributed by atoms with Gasteiger partial charge in [0.05, 0.1) is 5.71 Å². The van der Waals surface area contributed by atoms with Crippen LogP contribution in [0.1, 0.15) is 34.1 Å². The smallest absolute Gasteiger partial charge is 0.137 e. The van der Waals surface area contributed by atoms with Crippen molar-refractivity contribution in [3.05, 3.63) is 0 Å². The van der Waals surface area contributed by atoms with Gasteiger partial charge in [-0.2, -0.15) is 0 Å². The molecule has 1 heterocycles. The van der Waals surface area contributed by atoms with Crippen molar-refractivity contribution in [3.8, 4) is 0 Å². The molecule has 0 bridgehead atoms. The normalized spacial score (nSPS) is 26.0. The molecular formula is C8H15NO. The van der Waals surface area contributed by atoms with E-state index >= 15 is 0 Å². The molecule has 0 N–H and O–H groups in total. The predicted octanol–water partition coefficient (Wildman–Crippen LogP) is 2.20. The van der Waals surface area contributed by atoms with E-state index in [0.717, 1.165) is 12.1 Å². The Morgan fingerprint density at radius 1 is 1.50 bits per heavy atom. The van der Waals surface area contributed by atoms with Gasteiger partial charge in [0.15, 0.2) is 0 Å². The number of nitrogens with zero attached hydrogens (tertiary/aromatic N) is 1. The van der Waals surface area contributed by atoms with Crippen LogP contribution in [-0.2, 0) is 4.84 Å². The Bertz CT molecular complexity index is 155. The fourth-order valence-electron chi connectivity index (χ4n) is 0.961. The van der Waals surface area contributed by atoms with Crippen LogP contribution >= 0.6 is 0 Å². The quantitative estimate of drug-likeness (QED) is 0.506. The van der Waals surface area contributed by atoms with Crippen LogP contribution in [0.15, 0.2) is 5.16 Å². The molecule has 0 unspecified atom stereocenters. The Hall–Kier alpha value is -0.530. The molecule has 0 aromatic rings. The molecule has 0 saturated carbocycles. The third kappa shape index (κ3) is 1.49. The molecule has 1 aliphatic heterocycles. The van der Waals surface area contributed by atoms with E-state index in [9.17, 15) is 0 Å². The first-order valence-electron chi connectivity index (χ1n) is 3.69. The highest BCUT2D eigenvalue weighted by Gasteiger charge is 2.30. The molecule has 1 atom stereocenters. The van der Waals surface area contributed by atoms with Crippen LogP contribution in [0.3, 0.4) is 0 Å². The van der Waals surface area contributed by atoms with Crippen molar-refractivity contribution in [2.75, 3.05) is 0 Å². The van der Waals surface area contributed by atoms with Crippen LogP contribution in [-0.4, -0.2) is 11.8 Å². The molecule has 0 aromatic carbocycles. The van der Waals surface area contributed by atoms with Gasteiger partial charge in [-0.05, 0) is 6.92 Å². The summed E-state index contributed by atoms with van der Waals surface area (Å²) in [6.07, 6.45) is 1.27. The number of hydrogen-bond donors (Lipinski definition) is 0. The van der Waals surface area contributed by atoms with Crippen molar-refractivity contribution in [1.29, 1.82) is 0 Å². The van der Waals surface area contributed by atoms with E-state index in [0.29, 0.717) is 0 Å². The van der Waals surface area contributed by atoms with Gasteiger partial charge in [0.2, 0.25) is 0 Å². The zero-order chi connectivity index (χ0) is 7.78. The van der Waals surface area contributed by atoms with Crippen LogP contribution < -0.4 is 0 Å². The minimum atomic E-state index is 0.223. The first kappa shape index (κ1) is 7.58. The molecule has 0 saturated heterocycles. The van der Waals surface area contributed by atoms with Gasteiger partial charge in [0.1, 0.15) is 6.10 Å². The highest BCUT2D eigenvalue weighted by Crippen LogP contribution is 2.28. The summed E-state index contributed by atoms with van der Waals surface area (Å²) in [5.74, 6) is 0. The summed E-state index contributed by atoms with van der Waals surface area (Å²) in [4.78, 5) is 5.22. The van der Waals surface area contributed by atoms with Gasteiger partial charge in [0, 0.05) is 11.8 Å². The van der Waals surface area contributed by atoms with Gasteiger partial charge >= 0.3 is 0 Å². The minimum absolute atomic E-state index is 0.223. The highest BCUT2D eigenvalue weighted by molar-refractivity contribution is 5.82. The maximum Gasteiger partial charge on any atom is 0.137 e. The lowest BCUT2D eigenvalue weighted by Gasteiger charge is -2.23. The van der Waals surface area contributed by atoms with Gasteiger partial charge in [0.25, 0.3) is 0 Å². The zero-order valence-electron chi connectivity index (χ0n) is 7.14. The molecule has 58 valence electrons. The Labute approximate surface area is 62.3 Å². The van der Waals surface area contributed by atoms with Crippen molar-refractivity contribution in [2.45, 2.75) is 40.2 Å². The Morgan fingerprint density at radius 2 is 2.10 bits per heavy atom. The second kappa shape index (κ2) is 2.26. The molecule has 2 heteroatoms. The summed E-state index contributed by atoms with van der Waals surface area (Å²) < 4.78 is 0. The van der Waals surface area contributed by atoms with Crippen LogP contribution in [0.25, 0.3) is 0 Å². The Kier molecular flexibility index (Phi) is 1.71. The molecule has 0 radical (unpaired) electrons. The van der Waals surface area contributed by atoms with E-state index in [1.54, 1.807) is 0 Å². The lowest BCUT2D eigenvalue weighted by molar-refractivity contribution is 0.00831. The first-order valence-corrected chi connectivity index (χ1v) is 3.69. The summed E-state index contributed by atoms with van der Waals surface area (Å²) in [6, 6.07) is 0. The molecule has 0 aromatic heterocycles. The van der Waals surface area contributed by atoms with Crippen molar-refractivity contribution >= 4 is 5.71 Å². The van der Waals surface area contributed by atoms with E-state index in [1.807, 2.05) is 6.92 Å². The molecule has 2 nitrogen and oxygen atoms in total. The van der Waals surface area contributed by atoms with Gasteiger partial charge < -0.3 is 4.84 Å². The van der Waals surface area contributed by atoms with Gasteiger partial charge in [-0.25, -0.2) is 0 Å². The van der Waals surface area contributed by atoms with Gasteiger partial charge in [-0.1, -0.05) is 25.9 Å². The molecular weight excluding hydrogens is 126 g/mol. The van der Waals surface area contributed by atoms with Gasteiger partial charge in [-0.15, -0.1) is 0 Å². The average molecular weight is 141 g/mol. The third-order valence-electron chi connectivity index (χ3n) is 1.78. The largest absolute Gasteiger partial charge is 0.392 e. The SMILES string of the molecule is CC1=NO[C@H](C(C)(C)C)C1. The van der Waals surface area contributed by atoms with E-state index in [-0.39, 0.29) is 11.5 Å². The van der Waals surface area contributed by atoms with E-state index < -0.39 is 0 Å². The van der Waals surface area contributed by atoms with Crippen molar-refractivity contribution in [3.63, 3.8) is 0 Å². The second-order valence-corrected chi connectivity index (χ2v) is 3.99. The lowest BCUT2D eigenvalue weighted by atomic mass is 9.87. The Morgan fingerprint density at radius 3 is 2.30 bits per heavy atom. The molecule has 0 fully saturated rings. The number of hydrogen-bond acceptors (Lipinski definition) is 2. The zero-order valence-corrected chi connectivity index (χ0v) is 7.14. The number of oxime groups is 1. The predicted molar refractivity (Wildman–Crippen MR) is 42.1 cm³/mol. The molecule has 0 aliphatic carbocycles. The van der Waals surface area contributed by atoms with Crippen molar-refractivity contribution < 1.29 is 4.84 Å². The molecule has 0 spiro atoms. The van der Waals surface area contributed by atoms with Crippen molar-refractivity contribution in [1.82, 2.24) is 0 Å². The third-order valence-corrected chi connectivity index (χ3v) is 1.78. The molecule has 0 amide bonds. The van der Waals surface area contributed by atoms with E-state index in [4.69, 9.17) is 4.84 Å². The maximum absolute atomic E-state index is 5.22. The molecule has 1 rings (SSSR count). The second-order valence-electron chi connectivity index (χ2n) is 3.99. The number of rotatable bonds is 0. The highest BCUT2D eigenvalue weighted by atomic mass is 16.6. The Balaban J connectivity index is 2.50. The summed E-state index contributed by atoms with van der Waals surface area (Å²) in [5.41, 5.74) is 1.33. The summed E-state index contributed by atoms with van der Waals surface area (Å²) in [5, 5.41) is 3.90. The van der Waals surface area contributed by atoms with Crippen LogP contribution in [0.4, 0.5) is 0 Å². The minimum Gasteiger partial charge on any atom is -0.392 e. The van der Waals surface area contributed by atoms with Crippen molar-refractivity contribution in [2.24, 2.45) is 10.6 Å². The van der Waals surface area contributed by atoms with Crippen LogP contribution in [0.5, 0.6) is 0 Å². The monoisotopic (exact) mass is 141 g/mol. The summed E-state index contributed by atoms with van der Waals surface area (Å²) in [6.45, 7) is 8.52. The molecule has 10 heavy (non-hydrogen) atoms. The van der Waals surface area contributed by atoms with Crippen LogP contribution in [0.2, 0.25) is 0 Å². The van der Waals surface area contributed by atoms with E-state index in [2.05, 4.69) is 25.9 Å². The summed E-state index contributed by atoms with van der Waals surface area (Å²) >= 11 is 0. The summed E-state index contributed by atoms with van der Waals surface area (Å²) in [7, 11) is 0.